The number of ether oxygens (including phenoxy) is 3. The molecule has 0 saturated carbocycles. The molecule has 0 N–H and O–H groups in total. The van der Waals surface area contributed by atoms with Gasteiger partial charge >= 0.3 is 11.9 Å². The smallest absolute Gasteiger partial charge is 0.396 e. The molecule has 0 radical (unpaired) electrons. The molecule has 0 aliphatic carbocycles. The fourth-order valence-corrected chi connectivity index (χ4v) is 2.96. The molecular formula is C16H19NO5. The van der Waals surface area contributed by atoms with E-state index in [2.05, 4.69) is 10.8 Å². The highest BCUT2D eigenvalue weighted by atomic mass is 16.7. The van der Waals surface area contributed by atoms with Crippen molar-refractivity contribution in [1.29, 1.82) is 0 Å². The van der Waals surface area contributed by atoms with Gasteiger partial charge in [0.05, 0.1) is 7.11 Å². The van der Waals surface area contributed by atoms with Crippen molar-refractivity contribution in [1.82, 2.24) is 4.90 Å². The second-order valence-electron chi connectivity index (χ2n) is 5.62. The molecule has 1 fully saturated rings. The van der Waals surface area contributed by atoms with Crippen molar-refractivity contribution in [2.45, 2.75) is 19.3 Å². The van der Waals surface area contributed by atoms with Crippen molar-refractivity contribution in [3.05, 3.63) is 23.8 Å². The second-order valence-corrected chi connectivity index (χ2v) is 5.62. The highest BCUT2D eigenvalue weighted by Crippen LogP contribution is 2.34. The Morgan fingerprint density at radius 1 is 1.23 bits per heavy atom. The largest absolute Gasteiger partial charge is 0.462 e. The first-order chi connectivity index (χ1) is 10.7. The molecule has 2 aliphatic rings. The summed E-state index contributed by atoms with van der Waals surface area (Å²) < 4.78 is 15.2. The Kier molecular flexibility index (Phi) is 4.18. The number of piperidine rings is 1. The highest BCUT2D eigenvalue weighted by molar-refractivity contribution is 6.32. The minimum Gasteiger partial charge on any atom is -0.462 e. The third kappa shape index (κ3) is 3.00. The average Bonchev–Trinajstić information content (AvgIpc) is 3.02. The first-order valence-corrected chi connectivity index (χ1v) is 7.43. The third-order valence-electron chi connectivity index (χ3n) is 4.22. The molecule has 0 bridgehead atoms. The van der Waals surface area contributed by atoms with Crippen LogP contribution in [-0.2, 0) is 20.7 Å². The molecule has 1 aromatic carbocycles. The van der Waals surface area contributed by atoms with Crippen LogP contribution in [-0.4, -0.2) is 43.8 Å². The lowest BCUT2D eigenvalue weighted by atomic mass is 9.90. The fourth-order valence-electron chi connectivity index (χ4n) is 2.96. The summed E-state index contributed by atoms with van der Waals surface area (Å²) >= 11 is 0. The number of benzene rings is 1. The Balaban J connectivity index is 1.54. The lowest BCUT2D eigenvalue weighted by molar-refractivity contribution is -0.158. The molecule has 1 saturated heterocycles. The number of amides is 1. The maximum atomic E-state index is 11.7. The minimum absolute atomic E-state index is 0.285. The molecule has 1 aromatic rings. The van der Waals surface area contributed by atoms with E-state index in [-0.39, 0.29) is 6.79 Å². The molecule has 2 aliphatic heterocycles. The van der Waals surface area contributed by atoms with E-state index in [0.717, 1.165) is 30.8 Å². The molecule has 0 unspecified atom stereocenters. The molecule has 0 atom stereocenters. The number of esters is 1. The van der Waals surface area contributed by atoms with Gasteiger partial charge in [0.1, 0.15) is 0 Å². The summed E-state index contributed by atoms with van der Waals surface area (Å²) in [6.45, 7) is 1.49. The normalized spacial score (nSPS) is 17.4. The zero-order valence-corrected chi connectivity index (χ0v) is 12.5. The van der Waals surface area contributed by atoms with Crippen molar-refractivity contribution in [2.24, 2.45) is 5.92 Å². The van der Waals surface area contributed by atoms with Crippen molar-refractivity contribution in [2.75, 3.05) is 27.0 Å². The molecular weight excluding hydrogens is 286 g/mol. The van der Waals surface area contributed by atoms with Gasteiger partial charge in [-0.05, 0) is 42.9 Å². The van der Waals surface area contributed by atoms with Crippen molar-refractivity contribution in [3.8, 4) is 11.5 Å². The van der Waals surface area contributed by atoms with E-state index >= 15 is 0 Å². The van der Waals surface area contributed by atoms with E-state index in [1.54, 1.807) is 4.90 Å². The Labute approximate surface area is 128 Å². The van der Waals surface area contributed by atoms with Crippen LogP contribution in [0.5, 0.6) is 11.5 Å². The number of nitrogens with zero attached hydrogens (tertiary/aromatic N) is 1. The third-order valence-corrected chi connectivity index (χ3v) is 4.22. The monoisotopic (exact) mass is 305 g/mol. The number of carbonyl (C=O) groups is 2. The second kappa shape index (κ2) is 6.25. The van der Waals surface area contributed by atoms with Crippen molar-refractivity contribution in [3.63, 3.8) is 0 Å². The van der Waals surface area contributed by atoms with Crippen LogP contribution < -0.4 is 9.47 Å². The quantitative estimate of drug-likeness (QED) is 0.610. The van der Waals surface area contributed by atoms with E-state index in [0.29, 0.717) is 19.0 Å². The van der Waals surface area contributed by atoms with Gasteiger partial charge in [0.15, 0.2) is 11.5 Å². The van der Waals surface area contributed by atoms with Crippen LogP contribution in [0.15, 0.2) is 18.2 Å². The number of hydrogen-bond acceptors (Lipinski definition) is 5. The predicted molar refractivity (Wildman–Crippen MR) is 77.6 cm³/mol. The van der Waals surface area contributed by atoms with E-state index in [1.807, 2.05) is 12.1 Å². The average molecular weight is 305 g/mol. The molecule has 0 aromatic heterocycles. The molecule has 3 rings (SSSR count). The van der Waals surface area contributed by atoms with E-state index in [1.165, 1.54) is 12.7 Å². The maximum Gasteiger partial charge on any atom is 0.396 e. The van der Waals surface area contributed by atoms with Gasteiger partial charge in [0, 0.05) is 13.1 Å². The van der Waals surface area contributed by atoms with Gasteiger partial charge in [-0.25, -0.2) is 4.79 Å². The molecule has 6 nitrogen and oxygen atoms in total. The van der Waals surface area contributed by atoms with Crippen LogP contribution in [0.3, 0.4) is 0 Å². The van der Waals surface area contributed by atoms with Gasteiger partial charge in [-0.1, -0.05) is 6.07 Å². The predicted octanol–water partition coefficient (Wildman–Crippen LogP) is 1.37. The van der Waals surface area contributed by atoms with Crippen molar-refractivity contribution < 1.29 is 23.8 Å². The number of hydrogen-bond donors (Lipinski definition) is 0. The van der Waals surface area contributed by atoms with E-state index in [9.17, 15) is 9.59 Å². The summed E-state index contributed by atoms with van der Waals surface area (Å²) in [5, 5.41) is 0. The first-order valence-electron chi connectivity index (χ1n) is 7.43. The lowest BCUT2D eigenvalue weighted by Gasteiger charge is -2.31. The number of likely N-dealkylation sites (tertiary alicyclic amines) is 1. The van der Waals surface area contributed by atoms with E-state index in [4.69, 9.17) is 9.47 Å². The number of carbonyl (C=O) groups excluding carboxylic acids is 2. The minimum atomic E-state index is -0.783. The Morgan fingerprint density at radius 2 is 1.95 bits per heavy atom. The summed E-state index contributed by atoms with van der Waals surface area (Å²) in [6, 6.07) is 6.02. The summed E-state index contributed by atoms with van der Waals surface area (Å²) in [5.74, 6) is 0.776. The molecule has 1 amide bonds. The van der Waals surface area contributed by atoms with Gasteiger partial charge < -0.3 is 19.1 Å². The SMILES string of the molecule is COC(=O)C(=O)N1CCC(Cc2ccc3c(c2)OCO3)CC1. The van der Waals surface area contributed by atoms with Crippen LogP contribution >= 0.6 is 0 Å². The fraction of sp³-hybridized carbons (Fsp3) is 0.500. The first kappa shape index (κ1) is 14.7. The Bertz CT molecular complexity index is 578. The van der Waals surface area contributed by atoms with Gasteiger partial charge in [-0.15, -0.1) is 0 Å². The molecule has 118 valence electrons. The standard InChI is InChI=1S/C16H19NO5/c1-20-16(19)15(18)17-6-4-11(5-7-17)8-12-2-3-13-14(9-12)22-10-21-13/h2-3,9,11H,4-8,10H2,1H3. The summed E-state index contributed by atoms with van der Waals surface area (Å²) in [5.41, 5.74) is 1.21. The Morgan fingerprint density at radius 3 is 2.68 bits per heavy atom. The highest BCUT2D eigenvalue weighted by Gasteiger charge is 2.27. The summed E-state index contributed by atoms with van der Waals surface area (Å²) in [7, 11) is 1.23. The maximum absolute atomic E-state index is 11.7. The van der Waals surface area contributed by atoms with Gasteiger partial charge in [-0.3, -0.25) is 4.79 Å². The zero-order chi connectivity index (χ0) is 15.5. The van der Waals surface area contributed by atoms with Crippen LogP contribution in [0.25, 0.3) is 0 Å². The summed E-state index contributed by atoms with van der Waals surface area (Å²) in [4.78, 5) is 24.6. The van der Waals surface area contributed by atoms with Crippen LogP contribution in [0.1, 0.15) is 18.4 Å². The van der Waals surface area contributed by atoms with Crippen LogP contribution in [0.4, 0.5) is 0 Å². The number of fused-ring (bicyclic) bond motifs is 1. The van der Waals surface area contributed by atoms with Gasteiger partial charge in [0.2, 0.25) is 6.79 Å². The van der Waals surface area contributed by atoms with Crippen LogP contribution in [0.2, 0.25) is 0 Å². The number of rotatable bonds is 2. The zero-order valence-electron chi connectivity index (χ0n) is 12.5. The lowest BCUT2D eigenvalue weighted by Crippen LogP contribution is -2.42. The summed E-state index contributed by atoms with van der Waals surface area (Å²) in [6.07, 6.45) is 2.71. The van der Waals surface area contributed by atoms with E-state index < -0.39 is 11.9 Å². The molecule has 22 heavy (non-hydrogen) atoms. The molecule has 2 heterocycles. The van der Waals surface area contributed by atoms with Gasteiger partial charge in [-0.2, -0.15) is 0 Å². The Hall–Kier alpha value is -2.24. The topological polar surface area (TPSA) is 65.1 Å². The number of methoxy groups -OCH3 is 1. The van der Waals surface area contributed by atoms with Gasteiger partial charge in [0.25, 0.3) is 0 Å². The molecule has 6 heteroatoms. The van der Waals surface area contributed by atoms with Crippen LogP contribution in [0, 0.1) is 5.92 Å². The molecule has 0 spiro atoms. The van der Waals surface area contributed by atoms with Crippen molar-refractivity contribution >= 4 is 11.9 Å².